The fourth-order valence-corrected chi connectivity index (χ4v) is 4.66. The Labute approximate surface area is 182 Å². The minimum atomic E-state index is -0.0156. The van der Waals surface area contributed by atoms with E-state index in [-0.39, 0.29) is 10.2 Å². The molecule has 4 rings (SSSR count). The third kappa shape index (κ3) is 5.12. The number of carbonyl (C=O) groups is 2. The van der Waals surface area contributed by atoms with Crippen LogP contribution in [-0.2, 0) is 0 Å². The van der Waals surface area contributed by atoms with E-state index in [1.807, 2.05) is 48.5 Å². The lowest BCUT2D eigenvalue weighted by Crippen LogP contribution is -1.98. The Morgan fingerprint density at radius 1 is 0.667 bits per heavy atom. The molecule has 0 saturated carbocycles. The summed E-state index contributed by atoms with van der Waals surface area (Å²) in [7, 11) is 0. The number of nitrogens with zero attached hydrogens (tertiary/aromatic N) is 2. The third-order valence-corrected chi connectivity index (χ3v) is 6.57. The standard InChI is InChI=1S/C22H22N4O2S2/c27-21(19-23-15-9-3-4-10-16(15)24-19)29-13-7-1-2-8-14-30-22(28)20-25-17-11-5-6-12-18(17)26-20/h3-6,9-12H,1-2,7-8,13-14H2,(H,23,24)(H,25,26). The van der Waals surface area contributed by atoms with Gasteiger partial charge in [0.2, 0.25) is 0 Å². The van der Waals surface area contributed by atoms with E-state index in [9.17, 15) is 9.59 Å². The van der Waals surface area contributed by atoms with Crippen LogP contribution in [0.1, 0.15) is 46.9 Å². The summed E-state index contributed by atoms with van der Waals surface area (Å²) >= 11 is 2.62. The lowest BCUT2D eigenvalue weighted by atomic mass is 10.2. The molecular weight excluding hydrogens is 416 g/mol. The maximum absolute atomic E-state index is 12.2. The zero-order chi connectivity index (χ0) is 20.8. The summed E-state index contributed by atoms with van der Waals surface area (Å²) < 4.78 is 0. The van der Waals surface area contributed by atoms with Crippen LogP contribution in [0.15, 0.2) is 48.5 Å². The summed E-state index contributed by atoms with van der Waals surface area (Å²) in [5, 5.41) is -0.0311. The lowest BCUT2D eigenvalue weighted by molar-refractivity contribution is 0.107. The number of thioether (sulfide) groups is 2. The van der Waals surface area contributed by atoms with Gasteiger partial charge in [-0.2, -0.15) is 0 Å². The third-order valence-electron chi connectivity index (χ3n) is 4.67. The molecule has 0 aliphatic heterocycles. The number of hydrogen-bond acceptors (Lipinski definition) is 6. The van der Waals surface area contributed by atoms with Crippen LogP contribution in [0.25, 0.3) is 22.1 Å². The van der Waals surface area contributed by atoms with Gasteiger partial charge in [0, 0.05) is 11.5 Å². The Hall–Kier alpha value is -2.58. The highest BCUT2D eigenvalue weighted by Crippen LogP contribution is 2.19. The largest absolute Gasteiger partial charge is 0.335 e. The Morgan fingerprint density at radius 2 is 1.10 bits per heavy atom. The molecule has 8 heteroatoms. The second-order valence-electron chi connectivity index (χ2n) is 6.89. The van der Waals surface area contributed by atoms with E-state index in [4.69, 9.17) is 0 Å². The molecule has 0 aliphatic rings. The smallest absolute Gasteiger partial charge is 0.254 e. The number of imidazole rings is 2. The fourth-order valence-electron chi connectivity index (χ4n) is 3.12. The number of para-hydroxylation sites is 4. The maximum Gasteiger partial charge on any atom is 0.254 e. The Balaban J connectivity index is 1.10. The predicted octanol–water partition coefficient (Wildman–Crippen LogP) is 5.45. The molecule has 2 aromatic heterocycles. The van der Waals surface area contributed by atoms with Gasteiger partial charge in [-0.3, -0.25) is 9.59 Å². The van der Waals surface area contributed by atoms with Crippen molar-refractivity contribution in [3.05, 3.63) is 60.2 Å². The second kappa shape index (κ2) is 9.95. The lowest BCUT2D eigenvalue weighted by Gasteiger charge is -2.01. The number of unbranched alkanes of at least 4 members (excludes halogenated alkanes) is 3. The minimum absolute atomic E-state index is 0.0156. The molecule has 0 amide bonds. The number of rotatable bonds is 9. The van der Waals surface area contributed by atoms with Crippen molar-refractivity contribution < 1.29 is 9.59 Å². The van der Waals surface area contributed by atoms with Crippen molar-refractivity contribution in [2.75, 3.05) is 11.5 Å². The molecule has 154 valence electrons. The predicted molar refractivity (Wildman–Crippen MR) is 124 cm³/mol. The number of carbonyl (C=O) groups excluding carboxylic acids is 2. The molecule has 0 aliphatic carbocycles. The second-order valence-corrected chi connectivity index (χ2v) is 9.03. The monoisotopic (exact) mass is 438 g/mol. The van der Waals surface area contributed by atoms with Crippen molar-refractivity contribution in [2.24, 2.45) is 0 Å². The summed E-state index contributed by atoms with van der Waals surface area (Å²) in [4.78, 5) is 39.3. The van der Waals surface area contributed by atoms with Gasteiger partial charge in [0.25, 0.3) is 10.2 Å². The zero-order valence-corrected chi connectivity index (χ0v) is 18.0. The topological polar surface area (TPSA) is 91.5 Å². The normalized spacial score (nSPS) is 11.3. The van der Waals surface area contributed by atoms with Gasteiger partial charge in [0.1, 0.15) is 0 Å². The van der Waals surface area contributed by atoms with Gasteiger partial charge in [0.05, 0.1) is 22.1 Å². The molecule has 0 bridgehead atoms. The average Bonchev–Trinajstić information content (AvgIpc) is 3.39. The van der Waals surface area contributed by atoms with Gasteiger partial charge in [0.15, 0.2) is 11.6 Å². The number of nitrogens with one attached hydrogen (secondary N) is 2. The van der Waals surface area contributed by atoms with E-state index >= 15 is 0 Å². The molecular formula is C22H22N4O2S2. The molecule has 2 aromatic carbocycles. The molecule has 0 spiro atoms. The van der Waals surface area contributed by atoms with E-state index in [2.05, 4.69) is 19.9 Å². The highest BCUT2D eigenvalue weighted by atomic mass is 32.2. The molecule has 4 aromatic rings. The zero-order valence-electron chi connectivity index (χ0n) is 16.4. The van der Waals surface area contributed by atoms with E-state index in [0.717, 1.165) is 59.3 Å². The summed E-state index contributed by atoms with van der Waals surface area (Å²) in [6, 6.07) is 15.3. The number of aromatic amines is 2. The van der Waals surface area contributed by atoms with Crippen LogP contribution < -0.4 is 0 Å². The molecule has 0 unspecified atom stereocenters. The van der Waals surface area contributed by atoms with Crippen LogP contribution >= 0.6 is 23.5 Å². The first-order chi connectivity index (χ1) is 14.7. The number of benzene rings is 2. The SMILES string of the molecule is O=C(SCCCCCCSC(=O)c1nc2ccccc2[nH]1)c1nc2ccccc2[nH]1. The van der Waals surface area contributed by atoms with Crippen LogP contribution in [0.2, 0.25) is 0 Å². The molecule has 2 heterocycles. The van der Waals surface area contributed by atoms with Crippen molar-refractivity contribution in [3.8, 4) is 0 Å². The van der Waals surface area contributed by atoms with Crippen LogP contribution in [0.4, 0.5) is 0 Å². The summed E-state index contributed by atoms with van der Waals surface area (Å²) in [6.45, 7) is 0. The molecule has 6 nitrogen and oxygen atoms in total. The fraction of sp³-hybridized carbons (Fsp3) is 0.273. The van der Waals surface area contributed by atoms with Gasteiger partial charge in [-0.15, -0.1) is 0 Å². The van der Waals surface area contributed by atoms with Crippen LogP contribution in [0.3, 0.4) is 0 Å². The number of aromatic nitrogens is 4. The van der Waals surface area contributed by atoms with Crippen LogP contribution in [0.5, 0.6) is 0 Å². The van der Waals surface area contributed by atoms with Crippen LogP contribution in [-0.4, -0.2) is 41.7 Å². The van der Waals surface area contributed by atoms with Crippen molar-refractivity contribution in [3.63, 3.8) is 0 Å². The molecule has 2 N–H and O–H groups in total. The first-order valence-electron chi connectivity index (χ1n) is 9.94. The van der Waals surface area contributed by atoms with Gasteiger partial charge in [-0.05, 0) is 37.1 Å². The van der Waals surface area contributed by atoms with E-state index in [1.54, 1.807) is 0 Å². The number of hydrogen-bond donors (Lipinski definition) is 2. The molecule has 0 radical (unpaired) electrons. The van der Waals surface area contributed by atoms with Gasteiger partial charge in [-0.1, -0.05) is 60.6 Å². The summed E-state index contributed by atoms with van der Waals surface area (Å²) in [6.07, 6.45) is 4.03. The Morgan fingerprint density at radius 3 is 1.53 bits per heavy atom. The van der Waals surface area contributed by atoms with E-state index in [1.165, 1.54) is 23.5 Å². The van der Waals surface area contributed by atoms with Gasteiger partial charge in [-0.25, -0.2) is 9.97 Å². The van der Waals surface area contributed by atoms with E-state index in [0.29, 0.717) is 11.6 Å². The molecule has 0 atom stereocenters. The first-order valence-corrected chi connectivity index (χ1v) is 11.9. The van der Waals surface area contributed by atoms with Gasteiger partial charge < -0.3 is 9.97 Å². The molecule has 30 heavy (non-hydrogen) atoms. The first kappa shape index (κ1) is 20.7. The van der Waals surface area contributed by atoms with Crippen molar-refractivity contribution in [1.29, 1.82) is 0 Å². The molecule has 0 saturated heterocycles. The Kier molecular flexibility index (Phi) is 6.86. The van der Waals surface area contributed by atoms with Crippen molar-refractivity contribution >= 4 is 55.8 Å². The quantitative estimate of drug-likeness (QED) is 0.338. The summed E-state index contributed by atoms with van der Waals surface area (Å²) in [5.74, 6) is 2.39. The minimum Gasteiger partial charge on any atom is -0.335 e. The Bertz CT molecular complexity index is 1010. The van der Waals surface area contributed by atoms with Gasteiger partial charge >= 0.3 is 0 Å². The molecule has 0 fully saturated rings. The summed E-state index contributed by atoms with van der Waals surface area (Å²) in [5.41, 5.74) is 3.40. The highest BCUT2D eigenvalue weighted by Gasteiger charge is 2.13. The van der Waals surface area contributed by atoms with Crippen LogP contribution in [0, 0.1) is 0 Å². The highest BCUT2D eigenvalue weighted by molar-refractivity contribution is 8.14. The maximum atomic E-state index is 12.2. The number of H-pyrrole nitrogens is 2. The van der Waals surface area contributed by atoms with Crippen molar-refractivity contribution in [2.45, 2.75) is 25.7 Å². The van der Waals surface area contributed by atoms with Crippen molar-refractivity contribution in [1.82, 2.24) is 19.9 Å². The van der Waals surface area contributed by atoms with E-state index < -0.39 is 0 Å². The number of fused-ring (bicyclic) bond motifs is 2. The average molecular weight is 439 g/mol.